The molecule has 35 heavy (non-hydrogen) atoms. The average Bonchev–Trinajstić information content (AvgIpc) is 3.30. The van der Waals surface area contributed by atoms with Gasteiger partial charge in [-0.3, -0.25) is 9.78 Å². The Labute approximate surface area is 199 Å². The molecule has 0 unspecified atom stereocenters. The minimum absolute atomic E-state index is 0.0766. The van der Waals surface area contributed by atoms with E-state index in [-0.39, 0.29) is 24.1 Å². The van der Waals surface area contributed by atoms with E-state index in [1.54, 1.807) is 43.7 Å². The first-order chi connectivity index (χ1) is 17.0. The fourth-order valence-corrected chi connectivity index (χ4v) is 3.79. The summed E-state index contributed by atoms with van der Waals surface area (Å²) in [4.78, 5) is 25.6. The summed E-state index contributed by atoms with van der Waals surface area (Å²) in [6.45, 7) is 2.12. The van der Waals surface area contributed by atoms with Gasteiger partial charge in [-0.2, -0.15) is 14.8 Å². The molecular formula is C25H20N8O2. The van der Waals surface area contributed by atoms with E-state index in [2.05, 4.69) is 26.1 Å². The quantitative estimate of drug-likeness (QED) is 0.419. The van der Waals surface area contributed by atoms with Crippen LogP contribution in [0.1, 0.15) is 16.8 Å². The first-order valence-corrected chi connectivity index (χ1v) is 10.7. The Hall–Kier alpha value is -5.04. The highest BCUT2D eigenvalue weighted by atomic mass is 16.5. The molecule has 0 aliphatic carbocycles. The molecule has 10 nitrogen and oxygen atoms in total. The molecule has 0 aliphatic heterocycles. The number of hydrogen-bond acceptors (Lipinski definition) is 8. The fourth-order valence-electron chi connectivity index (χ4n) is 3.79. The van der Waals surface area contributed by atoms with Gasteiger partial charge in [0, 0.05) is 36.6 Å². The van der Waals surface area contributed by atoms with Gasteiger partial charge in [-0.25, -0.2) is 4.98 Å². The number of ether oxygens (including phenoxy) is 1. The maximum Gasteiger partial charge on any atom is 0.336 e. The number of nitrogens with two attached hydrogens (primary N) is 1. The highest BCUT2D eigenvalue weighted by molar-refractivity contribution is 5.91. The Morgan fingerprint density at radius 1 is 1.11 bits per heavy atom. The van der Waals surface area contributed by atoms with Crippen LogP contribution in [0.5, 0.6) is 6.01 Å². The topological polar surface area (TPSA) is 137 Å². The smallest absolute Gasteiger partial charge is 0.336 e. The highest BCUT2D eigenvalue weighted by Crippen LogP contribution is 2.36. The van der Waals surface area contributed by atoms with Crippen molar-refractivity contribution in [2.75, 3.05) is 5.73 Å². The third kappa shape index (κ3) is 3.95. The molecular weight excluding hydrogens is 444 g/mol. The molecule has 4 heterocycles. The first kappa shape index (κ1) is 21.8. The molecule has 5 rings (SSSR count). The summed E-state index contributed by atoms with van der Waals surface area (Å²) >= 11 is 0. The van der Waals surface area contributed by atoms with Crippen LogP contribution in [-0.4, -0.2) is 29.1 Å². The Morgan fingerprint density at radius 2 is 1.94 bits per heavy atom. The largest absolute Gasteiger partial charge is 0.456 e. The van der Waals surface area contributed by atoms with E-state index in [0.29, 0.717) is 33.6 Å². The number of nitriles is 1. The molecule has 10 heteroatoms. The fraction of sp³-hybridized carbons (Fsp3) is 0.120. The summed E-state index contributed by atoms with van der Waals surface area (Å²) in [5.41, 5.74) is 10.9. The molecule has 0 saturated carbocycles. The van der Waals surface area contributed by atoms with Crippen LogP contribution in [0.3, 0.4) is 0 Å². The lowest BCUT2D eigenvalue weighted by atomic mass is 9.98. The Bertz CT molecular complexity index is 1680. The third-order valence-corrected chi connectivity index (χ3v) is 5.62. The van der Waals surface area contributed by atoms with Crippen molar-refractivity contribution in [2.45, 2.75) is 13.5 Å². The van der Waals surface area contributed by atoms with Crippen LogP contribution in [0.15, 0.2) is 65.7 Å². The van der Waals surface area contributed by atoms with Gasteiger partial charge >= 0.3 is 6.01 Å². The lowest BCUT2D eigenvalue weighted by Gasteiger charge is -2.13. The number of nitrogens with zero attached hydrogens (tertiary/aromatic N) is 7. The van der Waals surface area contributed by atoms with Gasteiger partial charge in [0.25, 0.3) is 0 Å². The van der Waals surface area contributed by atoms with E-state index in [9.17, 15) is 10.1 Å². The average molecular weight is 464 g/mol. The van der Waals surface area contributed by atoms with Gasteiger partial charge < -0.3 is 15.0 Å². The summed E-state index contributed by atoms with van der Waals surface area (Å²) in [6, 6.07) is 16.3. The maximum atomic E-state index is 12.1. The van der Waals surface area contributed by atoms with E-state index in [0.717, 1.165) is 11.3 Å². The van der Waals surface area contributed by atoms with E-state index in [4.69, 9.17) is 10.5 Å². The van der Waals surface area contributed by atoms with Crippen LogP contribution in [0.25, 0.3) is 28.0 Å². The van der Waals surface area contributed by atoms with Gasteiger partial charge in [0.05, 0.1) is 28.6 Å². The van der Waals surface area contributed by atoms with Crippen LogP contribution in [0.2, 0.25) is 0 Å². The van der Waals surface area contributed by atoms with E-state index in [1.165, 1.54) is 15.1 Å². The number of nitrogen functional groups attached to an aromatic ring is 1. The predicted molar refractivity (Wildman–Crippen MR) is 129 cm³/mol. The molecule has 0 amide bonds. The summed E-state index contributed by atoms with van der Waals surface area (Å²) in [5, 5.41) is 14.1. The third-order valence-electron chi connectivity index (χ3n) is 5.62. The van der Waals surface area contributed by atoms with Gasteiger partial charge in [0.1, 0.15) is 6.61 Å². The lowest BCUT2D eigenvalue weighted by Crippen LogP contribution is -2.14. The Balaban J connectivity index is 1.72. The van der Waals surface area contributed by atoms with Gasteiger partial charge in [-0.1, -0.05) is 24.3 Å². The SMILES string of the molecule is Cc1cccnc1COc1nc2c(-c3ccc(=O)n(C)c3)c(-c3ccccc3C#N)nc(N)n2n1. The van der Waals surface area contributed by atoms with Crippen molar-refractivity contribution in [3.8, 4) is 34.5 Å². The zero-order chi connectivity index (χ0) is 24.5. The van der Waals surface area contributed by atoms with Crippen molar-refractivity contribution >= 4 is 11.6 Å². The molecule has 1 aromatic carbocycles. The van der Waals surface area contributed by atoms with E-state index < -0.39 is 0 Å². The number of aromatic nitrogens is 6. The minimum Gasteiger partial charge on any atom is -0.456 e. The summed E-state index contributed by atoms with van der Waals surface area (Å²) < 4.78 is 8.69. The number of benzene rings is 1. The van der Waals surface area contributed by atoms with E-state index >= 15 is 0 Å². The molecule has 0 fully saturated rings. The molecule has 0 radical (unpaired) electrons. The van der Waals surface area contributed by atoms with Crippen molar-refractivity contribution < 1.29 is 4.74 Å². The molecule has 0 bridgehead atoms. The molecule has 4 aromatic heterocycles. The predicted octanol–water partition coefficient (Wildman–Crippen LogP) is 2.89. The number of pyridine rings is 2. The zero-order valence-corrected chi connectivity index (χ0v) is 19.0. The maximum absolute atomic E-state index is 12.1. The van der Waals surface area contributed by atoms with Crippen LogP contribution in [-0.2, 0) is 13.7 Å². The summed E-state index contributed by atoms with van der Waals surface area (Å²) in [7, 11) is 1.66. The van der Waals surface area contributed by atoms with Crippen LogP contribution < -0.4 is 16.0 Å². The highest BCUT2D eigenvalue weighted by Gasteiger charge is 2.22. The molecule has 5 aromatic rings. The van der Waals surface area contributed by atoms with Crippen LogP contribution in [0.4, 0.5) is 5.95 Å². The van der Waals surface area contributed by atoms with Crippen molar-refractivity contribution in [2.24, 2.45) is 7.05 Å². The molecule has 2 N–H and O–H groups in total. The Morgan fingerprint density at radius 3 is 2.71 bits per heavy atom. The lowest BCUT2D eigenvalue weighted by molar-refractivity contribution is 0.276. The number of aryl methyl sites for hydroxylation is 2. The number of fused-ring (bicyclic) bond motifs is 1. The molecule has 172 valence electrons. The molecule has 0 atom stereocenters. The summed E-state index contributed by atoms with van der Waals surface area (Å²) in [6.07, 6.45) is 3.38. The van der Waals surface area contributed by atoms with Crippen molar-refractivity contribution in [1.82, 2.24) is 29.1 Å². The second-order valence-electron chi connectivity index (χ2n) is 7.90. The van der Waals surface area contributed by atoms with Crippen molar-refractivity contribution in [3.63, 3.8) is 0 Å². The van der Waals surface area contributed by atoms with Gasteiger partial charge in [-0.05, 0) is 30.7 Å². The first-order valence-electron chi connectivity index (χ1n) is 10.7. The van der Waals surface area contributed by atoms with Crippen molar-refractivity contribution in [3.05, 3.63) is 88.1 Å². The van der Waals surface area contributed by atoms with E-state index in [1.807, 2.05) is 25.1 Å². The molecule has 0 aliphatic rings. The van der Waals surface area contributed by atoms with Gasteiger partial charge in [-0.15, -0.1) is 5.10 Å². The normalized spacial score (nSPS) is 10.9. The van der Waals surface area contributed by atoms with Gasteiger partial charge in [0.2, 0.25) is 11.5 Å². The minimum atomic E-state index is -0.164. The molecule has 0 saturated heterocycles. The molecule has 0 spiro atoms. The Kier molecular flexibility index (Phi) is 5.43. The standard InChI is InChI=1S/C25H20N8O2/c1-15-6-5-11-28-19(15)14-35-25-30-23-21(17-9-10-20(34)32(2)13-17)22(29-24(27)33(23)31-25)18-8-4-3-7-16(18)12-26/h3-11,13H,14H2,1-2H3,(H2,27,29). The number of anilines is 1. The number of rotatable bonds is 5. The van der Waals surface area contributed by atoms with Crippen LogP contribution >= 0.6 is 0 Å². The number of hydrogen-bond donors (Lipinski definition) is 1. The second kappa shape index (κ2) is 8.72. The monoisotopic (exact) mass is 464 g/mol. The zero-order valence-electron chi connectivity index (χ0n) is 19.0. The van der Waals surface area contributed by atoms with Gasteiger partial charge in [0.15, 0.2) is 5.65 Å². The van der Waals surface area contributed by atoms with Crippen molar-refractivity contribution in [1.29, 1.82) is 5.26 Å². The second-order valence-corrected chi connectivity index (χ2v) is 7.90. The van der Waals surface area contributed by atoms with Crippen LogP contribution in [0, 0.1) is 18.3 Å². The summed E-state index contributed by atoms with van der Waals surface area (Å²) in [5.74, 6) is 0.0766.